The van der Waals surface area contributed by atoms with E-state index in [1.165, 1.54) is 28.7 Å². The Labute approximate surface area is 181 Å². The van der Waals surface area contributed by atoms with E-state index in [4.69, 9.17) is 11.6 Å². The maximum atomic E-state index is 6.42. The van der Waals surface area contributed by atoms with Crippen LogP contribution < -0.4 is 10.6 Å². The Morgan fingerprint density at radius 1 is 1.17 bits per heavy atom. The maximum absolute atomic E-state index is 6.42. The molecule has 2 nitrogen and oxygen atoms in total. The minimum Gasteiger partial charge on any atom is -0.377 e. The number of fused-ring (bicyclic) bond motifs is 2. The lowest BCUT2D eigenvalue weighted by Crippen LogP contribution is -2.27. The molecule has 0 radical (unpaired) electrons. The second-order valence-corrected chi connectivity index (χ2v) is 8.75. The van der Waals surface area contributed by atoms with Crippen molar-refractivity contribution in [2.45, 2.75) is 59.4 Å². The van der Waals surface area contributed by atoms with Gasteiger partial charge in [0.2, 0.25) is 0 Å². The molecule has 1 heterocycles. The van der Waals surface area contributed by atoms with Crippen LogP contribution in [0.15, 0.2) is 43.1 Å². The lowest BCUT2D eigenvalue weighted by atomic mass is 9.73. The van der Waals surface area contributed by atoms with E-state index in [9.17, 15) is 0 Å². The van der Waals surface area contributed by atoms with E-state index < -0.39 is 0 Å². The van der Waals surface area contributed by atoms with E-state index in [1.54, 1.807) is 0 Å². The lowest BCUT2D eigenvalue weighted by molar-refractivity contribution is 0.395. The van der Waals surface area contributed by atoms with Crippen LogP contribution in [0.4, 0.5) is 5.69 Å². The fraction of sp³-hybridized carbons (Fsp3) is 0.385. The van der Waals surface area contributed by atoms with Gasteiger partial charge in [0.1, 0.15) is 0 Å². The van der Waals surface area contributed by atoms with Crippen LogP contribution in [0.5, 0.6) is 0 Å². The van der Waals surface area contributed by atoms with Crippen molar-refractivity contribution in [3.05, 3.63) is 76.0 Å². The predicted octanol–water partition coefficient (Wildman–Crippen LogP) is 7.91. The molecule has 3 unspecified atom stereocenters. The minimum atomic E-state index is 0.278. The van der Waals surface area contributed by atoms with E-state index >= 15 is 0 Å². The first-order valence-corrected chi connectivity index (χ1v) is 11.1. The molecule has 3 heteroatoms. The summed E-state index contributed by atoms with van der Waals surface area (Å²) in [6, 6.07) is 10.9. The molecule has 2 aliphatic rings. The number of benzene rings is 2. The highest BCUT2D eigenvalue weighted by Gasteiger charge is 2.32. The highest BCUT2D eigenvalue weighted by Crippen LogP contribution is 2.46. The van der Waals surface area contributed by atoms with Gasteiger partial charge in [-0.3, -0.25) is 0 Å². The van der Waals surface area contributed by atoms with E-state index in [0.717, 1.165) is 28.4 Å². The zero-order chi connectivity index (χ0) is 21.1. The third-order valence-electron chi connectivity index (χ3n) is 5.85. The van der Waals surface area contributed by atoms with Crippen molar-refractivity contribution in [2.75, 3.05) is 5.32 Å². The molecule has 0 fully saturated rings. The number of hydrogen-bond donors (Lipinski definition) is 2. The molecule has 2 aromatic rings. The summed E-state index contributed by atoms with van der Waals surface area (Å²) < 4.78 is 0. The Balaban J connectivity index is 0.000000755. The van der Waals surface area contributed by atoms with Crippen molar-refractivity contribution in [2.24, 2.45) is 5.92 Å². The van der Waals surface area contributed by atoms with Gasteiger partial charge in [-0.2, -0.15) is 0 Å². The highest BCUT2D eigenvalue weighted by atomic mass is 35.5. The lowest BCUT2D eigenvalue weighted by Gasteiger charge is -2.38. The van der Waals surface area contributed by atoms with E-state index in [0.29, 0.717) is 11.8 Å². The average Bonchev–Trinajstić information content (AvgIpc) is 2.68. The SMILES string of the molecule is C=C1NC=Cc2c(NC3c4ccc(Cl)c(C)c4C(C)CC3C)cccc21.CCC. The van der Waals surface area contributed by atoms with Gasteiger partial charge in [-0.05, 0) is 60.1 Å². The van der Waals surface area contributed by atoms with Crippen LogP contribution in [0, 0.1) is 12.8 Å². The van der Waals surface area contributed by atoms with Crippen molar-refractivity contribution < 1.29 is 0 Å². The standard InChI is InChI=1S/C23H25ClN2.C3H8/c1-13-12-14(2)23(19-8-9-20(24)15(3)22(13)19)26-21-7-5-6-17-16(4)25-11-10-18(17)21;1-3-2/h5-11,13-14,23,25-26H,4,12H2,1-3H3;3H2,1-2H3. The first-order valence-electron chi connectivity index (χ1n) is 10.7. The van der Waals surface area contributed by atoms with Gasteiger partial charge in [0.15, 0.2) is 0 Å². The molecule has 0 spiro atoms. The quantitative estimate of drug-likeness (QED) is 0.527. The molecule has 0 saturated carbocycles. The molecule has 29 heavy (non-hydrogen) atoms. The van der Waals surface area contributed by atoms with Crippen molar-refractivity contribution >= 4 is 29.1 Å². The Bertz CT molecular complexity index is 929. The van der Waals surface area contributed by atoms with Crippen LogP contribution in [0.1, 0.15) is 80.3 Å². The Hall–Kier alpha value is -2.19. The average molecular weight is 409 g/mol. The van der Waals surface area contributed by atoms with Crippen LogP contribution in [-0.2, 0) is 0 Å². The minimum absolute atomic E-state index is 0.278. The monoisotopic (exact) mass is 408 g/mol. The van der Waals surface area contributed by atoms with Gasteiger partial charge < -0.3 is 10.6 Å². The Morgan fingerprint density at radius 3 is 2.62 bits per heavy atom. The van der Waals surface area contributed by atoms with Gasteiger partial charge in [-0.25, -0.2) is 0 Å². The predicted molar refractivity (Wildman–Crippen MR) is 128 cm³/mol. The van der Waals surface area contributed by atoms with Gasteiger partial charge >= 0.3 is 0 Å². The van der Waals surface area contributed by atoms with Gasteiger partial charge in [0.25, 0.3) is 0 Å². The Morgan fingerprint density at radius 2 is 1.90 bits per heavy atom. The zero-order valence-electron chi connectivity index (χ0n) is 18.3. The Kier molecular flexibility index (Phi) is 6.74. The summed E-state index contributed by atoms with van der Waals surface area (Å²) in [7, 11) is 0. The maximum Gasteiger partial charge on any atom is 0.0542 e. The molecular weight excluding hydrogens is 376 g/mol. The molecule has 0 bridgehead atoms. The van der Waals surface area contributed by atoms with Gasteiger partial charge in [-0.1, -0.05) is 70.5 Å². The molecule has 1 aliphatic carbocycles. The van der Waals surface area contributed by atoms with E-state index in [-0.39, 0.29) is 6.04 Å². The second kappa shape index (κ2) is 9.09. The van der Waals surface area contributed by atoms with Crippen LogP contribution in [0.2, 0.25) is 5.02 Å². The summed E-state index contributed by atoms with van der Waals surface area (Å²) in [5.41, 5.74) is 8.48. The van der Waals surface area contributed by atoms with Crippen LogP contribution >= 0.6 is 11.6 Å². The summed E-state index contributed by atoms with van der Waals surface area (Å²) in [4.78, 5) is 0. The fourth-order valence-corrected chi connectivity index (χ4v) is 4.76. The molecule has 4 rings (SSSR count). The van der Waals surface area contributed by atoms with E-state index in [2.05, 4.69) is 82.2 Å². The van der Waals surface area contributed by atoms with Crippen LogP contribution in [0.25, 0.3) is 11.8 Å². The van der Waals surface area contributed by atoms with Gasteiger partial charge in [0.05, 0.1) is 6.04 Å². The first kappa shape index (κ1) is 21.5. The van der Waals surface area contributed by atoms with Crippen molar-refractivity contribution in [1.82, 2.24) is 5.32 Å². The third kappa shape index (κ3) is 4.23. The smallest absolute Gasteiger partial charge is 0.0542 e. The highest BCUT2D eigenvalue weighted by molar-refractivity contribution is 6.31. The topological polar surface area (TPSA) is 24.1 Å². The summed E-state index contributed by atoms with van der Waals surface area (Å²) in [5, 5.41) is 7.90. The van der Waals surface area contributed by atoms with E-state index in [1.807, 2.05) is 12.3 Å². The molecular formula is C26H33ClN2. The molecule has 3 atom stereocenters. The molecule has 0 aromatic heterocycles. The molecule has 1 aliphatic heterocycles. The molecule has 0 saturated heterocycles. The van der Waals surface area contributed by atoms with Crippen LogP contribution in [0.3, 0.4) is 0 Å². The van der Waals surface area contributed by atoms with Crippen LogP contribution in [-0.4, -0.2) is 0 Å². The van der Waals surface area contributed by atoms with Crippen molar-refractivity contribution in [3.63, 3.8) is 0 Å². The fourth-order valence-electron chi connectivity index (χ4n) is 4.59. The summed E-state index contributed by atoms with van der Waals surface area (Å²) in [6.07, 6.45) is 6.49. The number of halogens is 1. The van der Waals surface area contributed by atoms with Gasteiger partial charge in [0, 0.05) is 33.7 Å². The number of anilines is 1. The molecule has 2 N–H and O–H groups in total. The molecule has 0 amide bonds. The zero-order valence-corrected chi connectivity index (χ0v) is 19.0. The van der Waals surface area contributed by atoms with Crippen molar-refractivity contribution in [1.29, 1.82) is 0 Å². The number of hydrogen-bond acceptors (Lipinski definition) is 2. The van der Waals surface area contributed by atoms with Crippen molar-refractivity contribution in [3.8, 4) is 0 Å². The summed E-state index contributed by atoms with van der Waals surface area (Å²) >= 11 is 6.42. The normalized spacial score (nSPS) is 22.0. The summed E-state index contributed by atoms with van der Waals surface area (Å²) in [5.74, 6) is 1.08. The largest absolute Gasteiger partial charge is 0.377 e. The first-order chi connectivity index (χ1) is 13.9. The number of rotatable bonds is 2. The number of nitrogens with one attached hydrogen (secondary N) is 2. The summed E-state index contributed by atoms with van der Waals surface area (Å²) in [6.45, 7) is 15.2. The van der Waals surface area contributed by atoms with Gasteiger partial charge in [-0.15, -0.1) is 0 Å². The molecule has 2 aromatic carbocycles. The third-order valence-corrected chi connectivity index (χ3v) is 6.26. The molecule has 154 valence electrons. The second-order valence-electron chi connectivity index (χ2n) is 8.34.